The van der Waals surface area contributed by atoms with Gasteiger partial charge in [0.2, 0.25) is 0 Å². The fourth-order valence-electron chi connectivity index (χ4n) is 2.33. The molecule has 106 valence electrons. The number of nitrogens with one attached hydrogen (secondary N) is 1. The second-order valence-electron chi connectivity index (χ2n) is 4.84. The minimum absolute atomic E-state index is 0.237. The summed E-state index contributed by atoms with van der Waals surface area (Å²) in [5.41, 5.74) is 1.07. The monoisotopic (exact) mass is 264 g/mol. The Hall–Kier alpha value is -1.42. The van der Waals surface area contributed by atoms with Crippen LogP contribution >= 0.6 is 0 Å². The Morgan fingerprint density at radius 3 is 2.63 bits per heavy atom. The van der Waals surface area contributed by atoms with Gasteiger partial charge in [-0.3, -0.25) is 10.1 Å². The summed E-state index contributed by atoms with van der Waals surface area (Å²) in [5.74, 6) is 0. The lowest BCUT2D eigenvalue weighted by Gasteiger charge is -2.17. The summed E-state index contributed by atoms with van der Waals surface area (Å²) in [4.78, 5) is 10.7. The van der Waals surface area contributed by atoms with Crippen LogP contribution in [0.4, 0.5) is 5.69 Å². The molecule has 0 spiro atoms. The number of unbranched alkanes of at least 4 members (excludes halogenated alkanes) is 2. The lowest BCUT2D eigenvalue weighted by atomic mass is 9.99. The number of nitro groups is 1. The van der Waals surface area contributed by atoms with Crippen LogP contribution in [-0.4, -0.2) is 17.5 Å². The number of nitrogens with zero attached hydrogens (tertiary/aromatic N) is 1. The van der Waals surface area contributed by atoms with Crippen LogP contribution in [0.15, 0.2) is 24.3 Å². The first kappa shape index (κ1) is 15.6. The zero-order valence-corrected chi connectivity index (χ0v) is 11.9. The van der Waals surface area contributed by atoms with E-state index in [1.165, 1.54) is 19.3 Å². The maximum absolute atomic E-state index is 11.0. The van der Waals surface area contributed by atoms with Gasteiger partial charge in [-0.2, -0.15) is 0 Å². The fraction of sp³-hybridized carbons (Fsp3) is 0.600. The third-order valence-electron chi connectivity index (χ3n) is 3.30. The molecule has 0 heterocycles. The molecule has 0 radical (unpaired) electrons. The number of likely N-dealkylation sites (N-methyl/N-ethyl adjacent to an activating group) is 1. The number of hydrogen-bond donors (Lipinski definition) is 1. The number of rotatable bonds is 9. The van der Waals surface area contributed by atoms with E-state index in [1.54, 1.807) is 12.1 Å². The van der Waals surface area contributed by atoms with Gasteiger partial charge < -0.3 is 5.32 Å². The molecule has 1 unspecified atom stereocenters. The van der Waals surface area contributed by atoms with E-state index in [0.717, 1.165) is 24.9 Å². The molecule has 1 aromatic rings. The first-order valence-corrected chi connectivity index (χ1v) is 7.14. The van der Waals surface area contributed by atoms with Crippen molar-refractivity contribution in [2.75, 3.05) is 6.54 Å². The van der Waals surface area contributed by atoms with E-state index in [0.29, 0.717) is 6.04 Å². The molecule has 0 fully saturated rings. The SMILES string of the molecule is CCCCCC(Cc1ccccc1[N+](=O)[O-])NCC. The summed E-state index contributed by atoms with van der Waals surface area (Å²) in [6.45, 7) is 5.16. The number of hydrogen-bond acceptors (Lipinski definition) is 3. The second-order valence-corrected chi connectivity index (χ2v) is 4.84. The van der Waals surface area contributed by atoms with Gasteiger partial charge in [-0.05, 0) is 19.4 Å². The summed E-state index contributed by atoms with van der Waals surface area (Å²) in [5, 5.41) is 14.4. The predicted molar refractivity (Wildman–Crippen MR) is 78.4 cm³/mol. The van der Waals surface area contributed by atoms with Crippen LogP contribution in [-0.2, 0) is 6.42 Å². The summed E-state index contributed by atoms with van der Waals surface area (Å²) < 4.78 is 0. The van der Waals surface area contributed by atoms with E-state index in [4.69, 9.17) is 0 Å². The average Bonchev–Trinajstić information content (AvgIpc) is 2.39. The molecule has 0 aliphatic carbocycles. The smallest absolute Gasteiger partial charge is 0.272 e. The second kappa shape index (κ2) is 8.64. The zero-order valence-electron chi connectivity index (χ0n) is 11.9. The molecule has 1 N–H and O–H groups in total. The van der Waals surface area contributed by atoms with Gasteiger partial charge in [0, 0.05) is 17.7 Å². The van der Waals surface area contributed by atoms with Crippen molar-refractivity contribution in [3.63, 3.8) is 0 Å². The molecule has 1 rings (SSSR count). The molecule has 4 nitrogen and oxygen atoms in total. The van der Waals surface area contributed by atoms with Crippen LogP contribution in [0.1, 0.15) is 45.1 Å². The van der Waals surface area contributed by atoms with Crippen LogP contribution < -0.4 is 5.32 Å². The van der Waals surface area contributed by atoms with Crippen molar-refractivity contribution in [1.29, 1.82) is 0 Å². The molecule has 0 aliphatic rings. The standard InChI is InChI=1S/C15H24N2O2/c1-3-5-6-10-14(16-4-2)12-13-9-7-8-11-15(13)17(18)19/h7-9,11,14,16H,3-6,10,12H2,1-2H3. The number of nitro benzene ring substituents is 1. The highest BCUT2D eigenvalue weighted by molar-refractivity contribution is 5.40. The van der Waals surface area contributed by atoms with Crippen molar-refractivity contribution in [3.05, 3.63) is 39.9 Å². The summed E-state index contributed by atoms with van der Waals surface area (Å²) in [6, 6.07) is 7.38. The van der Waals surface area contributed by atoms with Crippen molar-refractivity contribution in [2.45, 2.75) is 52.0 Å². The van der Waals surface area contributed by atoms with E-state index in [9.17, 15) is 10.1 Å². The maximum Gasteiger partial charge on any atom is 0.272 e. The molecule has 19 heavy (non-hydrogen) atoms. The highest BCUT2D eigenvalue weighted by Gasteiger charge is 2.16. The molecule has 0 aromatic heterocycles. The van der Waals surface area contributed by atoms with E-state index < -0.39 is 0 Å². The molecule has 0 amide bonds. The van der Waals surface area contributed by atoms with Crippen molar-refractivity contribution >= 4 is 5.69 Å². The van der Waals surface area contributed by atoms with Gasteiger partial charge in [-0.25, -0.2) is 0 Å². The van der Waals surface area contributed by atoms with Gasteiger partial charge in [0.05, 0.1) is 4.92 Å². The van der Waals surface area contributed by atoms with E-state index in [2.05, 4.69) is 19.2 Å². The summed E-state index contributed by atoms with van der Waals surface area (Å²) in [6.07, 6.45) is 5.40. The highest BCUT2D eigenvalue weighted by Crippen LogP contribution is 2.20. The lowest BCUT2D eigenvalue weighted by Crippen LogP contribution is -2.31. The maximum atomic E-state index is 11.0. The van der Waals surface area contributed by atoms with Crippen molar-refractivity contribution in [1.82, 2.24) is 5.32 Å². The Bertz CT molecular complexity index is 393. The van der Waals surface area contributed by atoms with Crippen LogP contribution in [0.25, 0.3) is 0 Å². The minimum Gasteiger partial charge on any atom is -0.314 e. The Morgan fingerprint density at radius 1 is 1.26 bits per heavy atom. The first-order valence-electron chi connectivity index (χ1n) is 7.14. The molecule has 0 saturated heterocycles. The molecular weight excluding hydrogens is 240 g/mol. The molecule has 0 bridgehead atoms. The Balaban J connectivity index is 2.69. The van der Waals surface area contributed by atoms with Gasteiger partial charge >= 0.3 is 0 Å². The van der Waals surface area contributed by atoms with Gasteiger partial charge in [0.25, 0.3) is 5.69 Å². The van der Waals surface area contributed by atoms with E-state index in [-0.39, 0.29) is 10.6 Å². The molecular formula is C15H24N2O2. The van der Waals surface area contributed by atoms with Gasteiger partial charge in [-0.15, -0.1) is 0 Å². The van der Waals surface area contributed by atoms with Gasteiger partial charge in [-0.1, -0.05) is 51.3 Å². The molecule has 4 heteroatoms. The van der Waals surface area contributed by atoms with Crippen molar-refractivity contribution in [3.8, 4) is 0 Å². The number of para-hydroxylation sites is 1. The van der Waals surface area contributed by atoms with Crippen LogP contribution in [0, 0.1) is 10.1 Å². The average molecular weight is 264 g/mol. The molecule has 1 aromatic carbocycles. The van der Waals surface area contributed by atoms with E-state index >= 15 is 0 Å². The van der Waals surface area contributed by atoms with Gasteiger partial charge in [0.15, 0.2) is 0 Å². The minimum atomic E-state index is -0.287. The van der Waals surface area contributed by atoms with E-state index in [1.807, 2.05) is 12.1 Å². The van der Waals surface area contributed by atoms with Crippen molar-refractivity contribution in [2.24, 2.45) is 0 Å². The Kier molecular flexibility index (Phi) is 7.11. The first-order chi connectivity index (χ1) is 9.19. The lowest BCUT2D eigenvalue weighted by molar-refractivity contribution is -0.385. The summed E-state index contributed by atoms with van der Waals surface area (Å²) in [7, 11) is 0. The fourth-order valence-corrected chi connectivity index (χ4v) is 2.33. The molecule has 0 aliphatic heterocycles. The predicted octanol–water partition coefficient (Wildman–Crippen LogP) is 3.70. The van der Waals surface area contributed by atoms with Crippen LogP contribution in [0.2, 0.25) is 0 Å². The Morgan fingerprint density at radius 2 is 2.00 bits per heavy atom. The largest absolute Gasteiger partial charge is 0.314 e. The number of benzene rings is 1. The normalized spacial score (nSPS) is 12.3. The topological polar surface area (TPSA) is 55.2 Å². The third kappa shape index (κ3) is 5.39. The quantitative estimate of drug-likeness (QED) is 0.420. The highest BCUT2D eigenvalue weighted by atomic mass is 16.6. The Labute approximate surface area is 115 Å². The van der Waals surface area contributed by atoms with Crippen LogP contribution in [0.3, 0.4) is 0 Å². The zero-order chi connectivity index (χ0) is 14.1. The molecule has 1 atom stereocenters. The summed E-state index contributed by atoms with van der Waals surface area (Å²) >= 11 is 0. The van der Waals surface area contributed by atoms with Gasteiger partial charge in [0.1, 0.15) is 0 Å². The van der Waals surface area contributed by atoms with Crippen molar-refractivity contribution < 1.29 is 4.92 Å². The van der Waals surface area contributed by atoms with Crippen LogP contribution in [0.5, 0.6) is 0 Å². The molecule has 0 saturated carbocycles. The third-order valence-corrected chi connectivity index (χ3v) is 3.30.